The number of hydrogen-bond acceptors (Lipinski definition) is 8. The number of carbonyl (C=O) groups excluding carboxylic acids is 3. The van der Waals surface area contributed by atoms with Crippen molar-refractivity contribution < 1.29 is 19.1 Å². The summed E-state index contributed by atoms with van der Waals surface area (Å²) >= 11 is 2.70. The van der Waals surface area contributed by atoms with Crippen molar-refractivity contribution in [3.63, 3.8) is 0 Å². The molecular weight excluding hydrogens is 498 g/mol. The van der Waals surface area contributed by atoms with E-state index in [-0.39, 0.29) is 23.6 Å². The maximum atomic E-state index is 12.9. The van der Waals surface area contributed by atoms with Gasteiger partial charge in [-0.05, 0) is 64.8 Å². The van der Waals surface area contributed by atoms with Crippen molar-refractivity contribution in [3.8, 4) is 5.75 Å². The lowest BCUT2D eigenvalue weighted by Crippen LogP contribution is -2.41. The number of hydrazine groups is 1. The van der Waals surface area contributed by atoms with Gasteiger partial charge in [-0.25, -0.2) is 9.97 Å². The van der Waals surface area contributed by atoms with Gasteiger partial charge in [-0.15, -0.1) is 22.7 Å². The molecule has 1 saturated heterocycles. The van der Waals surface area contributed by atoms with E-state index in [0.29, 0.717) is 29.2 Å². The quantitative estimate of drug-likeness (QED) is 0.467. The molecule has 3 heterocycles. The number of carbonyl (C=O) groups is 3. The highest BCUT2D eigenvalue weighted by Gasteiger charge is 2.27. The fourth-order valence-electron chi connectivity index (χ4n) is 4.02. The van der Waals surface area contributed by atoms with Crippen molar-refractivity contribution in [2.45, 2.75) is 52.6 Å². The molecule has 36 heavy (non-hydrogen) atoms. The van der Waals surface area contributed by atoms with Crippen LogP contribution in [0, 0.1) is 13.8 Å². The van der Waals surface area contributed by atoms with E-state index < -0.39 is 11.8 Å². The van der Waals surface area contributed by atoms with Crippen LogP contribution >= 0.6 is 22.7 Å². The summed E-state index contributed by atoms with van der Waals surface area (Å²) in [6.45, 7) is 8.75. The number of likely N-dealkylation sites (tertiary alicyclic amines) is 1. The molecule has 0 bridgehead atoms. The Labute approximate surface area is 217 Å². The number of amides is 3. The van der Waals surface area contributed by atoms with Crippen LogP contribution in [0.1, 0.15) is 78.8 Å². The molecule has 2 aromatic heterocycles. The van der Waals surface area contributed by atoms with Crippen LogP contribution in [0.2, 0.25) is 0 Å². The highest BCUT2D eigenvalue weighted by molar-refractivity contribution is 7.13. The van der Waals surface area contributed by atoms with Gasteiger partial charge in [0.1, 0.15) is 16.3 Å². The van der Waals surface area contributed by atoms with Crippen molar-refractivity contribution in [1.29, 1.82) is 0 Å². The molecular formula is C25H29N5O4S2. The number of rotatable bonds is 6. The molecule has 0 radical (unpaired) electrons. The molecule has 1 aromatic carbocycles. The first-order valence-corrected chi connectivity index (χ1v) is 13.5. The first-order chi connectivity index (χ1) is 17.2. The second-order valence-corrected chi connectivity index (χ2v) is 11.0. The van der Waals surface area contributed by atoms with Gasteiger partial charge in [0.15, 0.2) is 0 Å². The summed E-state index contributed by atoms with van der Waals surface area (Å²) in [5.74, 6) is 0.0612. The Morgan fingerprint density at radius 2 is 1.69 bits per heavy atom. The van der Waals surface area contributed by atoms with Crippen LogP contribution in [0.25, 0.3) is 0 Å². The normalized spacial score (nSPS) is 14.1. The molecule has 1 fully saturated rings. The van der Waals surface area contributed by atoms with E-state index in [1.165, 1.54) is 22.7 Å². The second kappa shape index (κ2) is 11.2. The average Bonchev–Trinajstić information content (AvgIpc) is 3.48. The summed E-state index contributed by atoms with van der Waals surface area (Å²) in [4.78, 5) is 48.7. The van der Waals surface area contributed by atoms with E-state index in [4.69, 9.17) is 4.74 Å². The lowest BCUT2D eigenvalue weighted by atomic mass is 9.97. The molecule has 4 rings (SSSR count). The number of piperidine rings is 1. The first kappa shape index (κ1) is 25.8. The molecule has 3 aromatic rings. The zero-order valence-corrected chi connectivity index (χ0v) is 22.3. The average molecular weight is 528 g/mol. The predicted molar refractivity (Wildman–Crippen MR) is 139 cm³/mol. The first-order valence-electron chi connectivity index (χ1n) is 11.8. The zero-order chi connectivity index (χ0) is 25.8. The SMILES string of the molecule is Cc1nc(C)c(C(=O)NNC(=O)c2csc(C3CCN(C(=O)c4ccc(OC(C)C)cc4)CC3)n2)s1. The Morgan fingerprint density at radius 1 is 1.03 bits per heavy atom. The zero-order valence-electron chi connectivity index (χ0n) is 20.7. The highest BCUT2D eigenvalue weighted by Crippen LogP contribution is 2.31. The van der Waals surface area contributed by atoms with Gasteiger partial charge >= 0.3 is 0 Å². The molecule has 0 aliphatic carbocycles. The largest absolute Gasteiger partial charge is 0.491 e. The standard InChI is InChI=1S/C25H29N5O4S2/c1-14(2)34-19-7-5-18(6-8-19)25(33)30-11-9-17(10-12-30)24-27-20(13-35-24)22(31)28-29-23(32)21-15(3)26-16(4)36-21/h5-8,13-14,17H,9-12H2,1-4H3,(H,28,31)(H,29,32). The maximum Gasteiger partial charge on any atom is 0.289 e. The molecule has 190 valence electrons. The Kier molecular flexibility index (Phi) is 8.00. The fourth-order valence-corrected chi connectivity index (χ4v) is 5.80. The number of thiazole rings is 2. The molecule has 11 heteroatoms. The minimum atomic E-state index is -0.470. The van der Waals surface area contributed by atoms with Crippen molar-refractivity contribution in [2.75, 3.05) is 13.1 Å². The lowest BCUT2D eigenvalue weighted by Gasteiger charge is -2.31. The second-order valence-electron chi connectivity index (χ2n) is 8.88. The summed E-state index contributed by atoms with van der Waals surface area (Å²) < 4.78 is 5.65. The van der Waals surface area contributed by atoms with Crippen molar-refractivity contribution in [1.82, 2.24) is 25.7 Å². The van der Waals surface area contributed by atoms with E-state index in [1.807, 2.05) is 37.8 Å². The number of aromatic nitrogens is 2. The van der Waals surface area contributed by atoms with Gasteiger partial charge in [0.2, 0.25) is 0 Å². The highest BCUT2D eigenvalue weighted by atomic mass is 32.1. The topological polar surface area (TPSA) is 114 Å². The van der Waals surface area contributed by atoms with E-state index in [1.54, 1.807) is 24.4 Å². The summed E-state index contributed by atoms with van der Waals surface area (Å²) in [5.41, 5.74) is 6.39. The third-order valence-corrected chi connectivity index (χ3v) is 7.84. The Balaban J connectivity index is 1.28. The van der Waals surface area contributed by atoms with Crippen LogP contribution < -0.4 is 15.6 Å². The summed E-state index contributed by atoms with van der Waals surface area (Å²) in [6, 6.07) is 7.25. The summed E-state index contributed by atoms with van der Waals surface area (Å²) in [7, 11) is 0. The molecule has 1 aliphatic rings. The van der Waals surface area contributed by atoms with Crippen molar-refractivity contribution in [2.24, 2.45) is 0 Å². The fraction of sp³-hybridized carbons (Fsp3) is 0.400. The third-order valence-electron chi connectivity index (χ3n) is 5.76. The van der Waals surface area contributed by atoms with Crippen LogP contribution in [-0.2, 0) is 0 Å². The van der Waals surface area contributed by atoms with E-state index in [9.17, 15) is 14.4 Å². The van der Waals surface area contributed by atoms with Gasteiger partial charge in [0.25, 0.3) is 17.7 Å². The molecule has 1 aliphatic heterocycles. The van der Waals surface area contributed by atoms with Gasteiger partial charge in [-0.3, -0.25) is 25.2 Å². The maximum absolute atomic E-state index is 12.9. The number of nitrogens with zero attached hydrogens (tertiary/aromatic N) is 3. The van der Waals surface area contributed by atoms with Crippen LogP contribution in [0.4, 0.5) is 0 Å². The Morgan fingerprint density at radius 3 is 2.31 bits per heavy atom. The van der Waals surface area contributed by atoms with Crippen LogP contribution in [-0.4, -0.2) is 51.8 Å². The van der Waals surface area contributed by atoms with Gasteiger partial charge in [0.05, 0.1) is 21.8 Å². The lowest BCUT2D eigenvalue weighted by molar-refractivity contribution is 0.0712. The van der Waals surface area contributed by atoms with Crippen LogP contribution in [0.5, 0.6) is 5.75 Å². The van der Waals surface area contributed by atoms with Gasteiger partial charge in [-0.2, -0.15) is 0 Å². The van der Waals surface area contributed by atoms with E-state index >= 15 is 0 Å². The Hall–Kier alpha value is -3.31. The predicted octanol–water partition coefficient (Wildman–Crippen LogP) is 4.10. The monoisotopic (exact) mass is 527 g/mol. The minimum absolute atomic E-state index is 0.00543. The van der Waals surface area contributed by atoms with Crippen LogP contribution in [0.3, 0.4) is 0 Å². The molecule has 2 N–H and O–H groups in total. The number of aryl methyl sites for hydroxylation is 2. The van der Waals surface area contributed by atoms with Gasteiger partial charge in [0, 0.05) is 30.0 Å². The molecule has 0 unspecified atom stereocenters. The molecule has 3 amide bonds. The molecule has 9 nitrogen and oxygen atoms in total. The molecule has 0 spiro atoms. The van der Waals surface area contributed by atoms with E-state index in [0.717, 1.165) is 28.6 Å². The molecule has 0 atom stereocenters. The van der Waals surface area contributed by atoms with Gasteiger partial charge in [-0.1, -0.05) is 0 Å². The van der Waals surface area contributed by atoms with Crippen LogP contribution in [0.15, 0.2) is 29.6 Å². The number of benzene rings is 1. The summed E-state index contributed by atoms with van der Waals surface area (Å²) in [5, 5.41) is 3.34. The third kappa shape index (κ3) is 6.08. The molecule has 0 saturated carbocycles. The Bertz CT molecular complexity index is 1240. The van der Waals surface area contributed by atoms with E-state index in [2.05, 4.69) is 20.8 Å². The number of hydrogen-bond donors (Lipinski definition) is 2. The minimum Gasteiger partial charge on any atom is -0.491 e. The smallest absolute Gasteiger partial charge is 0.289 e. The van der Waals surface area contributed by atoms with Crippen molar-refractivity contribution >= 4 is 40.4 Å². The van der Waals surface area contributed by atoms with Gasteiger partial charge < -0.3 is 9.64 Å². The van der Waals surface area contributed by atoms with Crippen molar-refractivity contribution in [3.05, 3.63) is 61.5 Å². The number of ether oxygens (including phenoxy) is 1. The summed E-state index contributed by atoms with van der Waals surface area (Å²) in [6.07, 6.45) is 1.63. The number of nitrogens with one attached hydrogen (secondary N) is 2.